The van der Waals surface area contributed by atoms with Crippen molar-refractivity contribution in [3.8, 4) is 0 Å². The lowest BCUT2D eigenvalue weighted by molar-refractivity contribution is 0.348. The van der Waals surface area contributed by atoms with Crippen LogP contribution in [0.5, 0.6) is 0 Å². The zero-order valence-corrected chi connectivity index (χ0v) is 7.99. The van der Waals surface area contributed by atoms with Crippen LogP contribution >= 0.6 is 11.3 Å². The summed E-state index contributed by atoms with van der Waals surface area (Å²) in [6.07, 6.45) is -0.245. The van der Waals surface area contributed by atoms with Crippen LogP contribution in [0, 0.1) is 6.92 Å². The van der Waals surface area contributed by atoms with Crippen LogP contribution in [0.15, 0.2) is 0 Å². The first-order valence-corrected chi connectivity index (χ1v) is 4.68. The van der Waals surface area contributed by atoms with Crippen LogP contribution in [0.25, 0.3) is 0 Å². The Balaban J connectivity index is 2.24. The van der Waals surface area contributed by atoms with Crippen LogP contribution < -0.4 is 5.32 Å². The summed E-state index contributed by atoms with van der Waals surface area (Å²) in [5, 5.41) is 12.4. The molecule has 1 aromatic rings. The van der Waals surface area contributed by atoms with Crippen LogP contribution in [0.4, 0.5) is 9.52 Å². The number of nitrogens with zero attached hydrogens (tertiary/aromatic N) is 2. The summed E-state index contributed by atoms with van der Waals surface area (Å²) in [5.74, 6) is 0. The molecule has 68 valence electrons. The van der Waals surface area contributed by atoms with Crippen molar-refractivity contribution in [2.24, 2.45) is 0 Å². The monoisotopic (exact) mass is 189 g/mol. The number of anilines is 1. The van der Waals surface area contributed by atoms with Crippen molar-refractivity contribution >= 4 is 16.5 Å². The first kappa shape index (κ1) is 9.38. The minimum Gasteiger partial charge on any atom is -0.360 e. The molecular weight excluding hydrogens is 177 g/mol. The molecule has 1 aromatic heterocycles. The van der Waals surface area contributed by atoms with E-state index in [4.69, 9.17) is 0 Å². The summed E-state index contributed by atoms with van der Waals surface area (Å²) in [6, 6.07) is 0. The largest absolute Gasteiger partial charge is 0.360 e. The number of hydrogen-bond acceptors (Lipinski definition) is 4. The van der Waals surface area contributed by atoms with Crippen molar-refractivity contribution in [1.29, 1.82) is 0 Å². The van der Waals surface area contributed by atoms with Crippen molar-refractivity contribution in [3.63, 3.8) is 0 Å². The molecule has 0 spiro atoms. The zero-order valence-electron chi connectivity index (χ0n) is 7.17. The molecule has 0 aliphatic carbocycles. The van der Waals surface area contributed by atoms with E-state index in [-0.39, 0.29) is 0 Å². The second-order valence-electron chi connectivity index (χ2n) is 2.62. The normalized spacial score (nSPS) is 12.9. The maximum Gasteiger partial charge on any atom is 0.205 e. The van der Waals surface area contributed by atoms with Crippen molar-refractivity contribution in [2.45, 2.75) is 26.4 Å². The van der Waals surface area contributed by atoms with Crippen molar-refractivity contribution in [3.05, 3.63) is 5.01 Å². The number of halogens is 1. The van der Waals surface area contributed by atoms with E-state index in [0.29, 0.717) is 13.0 Å². The number of hydrogen-bond donors (Lipinski definition) is 1. The molecule has 3 nitrogen and oxygen atoms in total. The van der Waals surface area contributed by atoms with Gasteiger partial charge in [0.2, 0.25) is 5.13 Å². The quantitative estimate of drug-likeness (QED) is 0.787. The van der Waals surface area contributed by atoms with Gasteiger partial charge in [-0.2, -0.15) is 0 Å². The van der Waals surface area contributed by atoms with Crippen molar-refractivity contribution in [1.82, 2.24) is 10.2 Å². The summed E-state index contributed by atoms with van der Waals surface area (Å²) in [4.78, 5) is 0. The molecule has 1 rings (SSSR count). The lowest BCUT2D eigenvalue weighted by atomic mass is 10.3. The summed E-state index contributed by atoms with van der Waals surface area (Å²) < 4.78 is 12.3. The molecule has 5 heteroatoms. The molecule has 12 heavy (non-hydrogen) atoms. The van der Waals surface area contributed by atoms with E-state index >= 15 is 0 Å². The van der Waals surface area contributed by atoms with Gasteiger partial charge in [-0.05, 0) is 20.3 Å². The zero-order chi connectivity index (χ0) is 8.97. The molecule has 0 fully saturated rings. The molecule has 0 saturated carbocycles. The number of alkyl halides is 1. The van der Waals surface area contributed by atoms with Crippen LogP contribution in [-0.4, -0.2) is 22.9 Å². The fourth-order valence-electron chi connectivity index (χ4n) is 0.746. The predicted molar refractivity (Wildman–Crippen MR) is 48.3 cm³/mol. The van der Waals surface area contributed by atoms with E-state index in [9.17, 15) is 4.39 Å². The van der Waals surface area contributed by atoms with Gasteiger partial charge < -0.3 is 5.32 Å². The average Bonchev–Trinajstić information content (AvgIpc) is 2.35. The molecule has 0 aromatic carbocycles. The van der Waals surface area contributed by atoms with E-state index in [1.54, 1.807) is 6.92 Å². The van der Waals surface area contributed by atoms with Crippen molar-refractivity contribution < 1.29 is 4.39 Å². The lowest BCUT2D eigenvalue weighted by Gasteiger charge is -2.01. The lowest BCUT2D eigenvalue weighted by Crippen LogP contribution is -2.06. The molecule has 0 aliphatic heterocycles. The molecule has 1 unspecified atom stereocenters. The number of aromatic nitrogens is 2. The summed E-state index contributed by atoms with van der Waals surface area (Å²) in [6.45, 7) is 4.06. The molecular formula is C7H12FN3S. The minimum atomic E-state index is -0.758. The van der Waals surface area contributed by atoms with E-state index in [1.165, 1.54) is 11.3 Å². The molecule has 0 saturated heterocycles. The molecule has 0 aliphatic rings. The standard InChI is InChI=1S/C7H12FN3S/c1-5(8)3-4-9-7-11-10-6(2)12-7/h5H,3-4H2,1-2H3,(H,9,11). The molecule has 0 bridgehead atoms. The van der Waals surface area contributed by atoms with Gasteiger partial charge in [-0.3, -0.25) is 0 Å². The van der Waals surface area contributed by atoms with Gasteiger partial charge in [0, 0.05) is 6.54 Å². The van der Waals surface area contributed by atoms with E-state index in [2.05, 4.69) is 15.5 Å². The second kappa shape index (κ2) is 4.35. The number of nitrogens with one attached hydrogen (secondary N) is 1. The maximum atomic E-state index is 12.3. The van der Waals surface area contributed by atoms with Gasteiger partial charge >= 0.3 is 0 Å². The second-order valence-corrected chi connectivity index (χ2v) is 3.80. The number of rotatable bonds is 4. The van der Waals surface area contributed by atoms with Gasteiger partial charge in [0.25, 0.3) is 0 Å². The Labute approximate surface area is 75.0 Å². The summed E-state index contributed by atoms with van der Waals surface area (Å²) in [5.41, 5.74) is 0. The molecule has 1 atom stereocenters. The van der Waals surface area contributed by atoms with Crippen LogP contribution in [0.2, 0.25) is 0 Å². The van der Waals surface area contributed by atoms with E-state index < -0.39 is 6.17 Å². The van der Waals surface area contributed by atoms with Crippen LogP contribution in [0.3, 0.4) is 0 Å². The highest BCUT2D eigenvalue weighted by Gasteiger charge is 2.00. The minimum absolute atomic E-state index is 0.513. The Kier molecular flexibility index (Phi) is 3.40. The van der Waals surface area contributed by atoms with Crippen LogP contribution in [-0.2, 0) is 0 Å². The van der Waals surface area contributed by atoms with Gasteiger partial charge in [-0.15, -0.1) is 10.2 Å². The third-order valence-electron chi connectivity index (χ3n) is 1.34. The Morgan fingerprint density at radius 2 is 2.33 bits per heavy atom. The molecule has 1 N–H and O–H groups in total. The SMILES string of the molecule is Cc1nnc(NCCC(C)F)s1. The van der Waals surface area contributed by atoms with Crippen LogP contribution in [0.1, 0.15) is 18.4 Å². The van der Waals surface area contributed by atoms with E-state index in [0.717, 1.165) is 10.1 Å². The van der Waals surface area contributed by atoms with Gasteiger partial charge in [-0.25, -0.2) is 4.39 Å². The third-order valence-corrected chi connectivity index (χ3v) is 2.14. The maximum absolute atomic E-state index is 12.3. The Morgan fingerprint density at radius 1 is 1.58 bits per heavy atom. The smallest absolute Gasteiger partial charge is 0.205 e. The van der Waals surface area contributed by atoms with Gasteiger partial charge in [0.1, 0.15) is 5.01 Å². The topological polar surface area (TPSA) is 37.8 Å². The highest BCUT2D eigenvalue weighted by atomic mass is 32.1. The summed E-state index contributed by atoms with van der Waals surface area (Å²) in [7, 11) is 0. The Bertz CT molecular complexity index is 236. The highest BCUT2D eigenvalue weighted by Crippen LogP contribution is 2.13. The number of aryl methyl sites for hydroxylation is 1. The fraction of sp³-hybridized carbons (Fsp3) is 0.714. The first-order chi connectivity index (χ1) is 5.68. The molecule has 0 amide bonds. The summed E-state index contributed by atoms with van der Waals surface area (Å²) >= 11 is 1.48. The molecule has 0 radical (unpaired) electrons. The van der Waals surface area contributed by atoms with Gasteiger partial charge in [0.15, 0.2) is 0 Å². The third kappa shape index (κ3) is 3.13. The van der Waals surface area contributed by atoms with Gasteiger partial charge in [0.05, 0.1) is 6.17 Å². The average molecular weight is 189 g/mol. The highest BCUT2D eigenvalue weighted by molar-refractivity contribution is 7.15. The fourth-order valence-corrected chi connectivity index (χ4v) is 1.36. The first-order valence-electron chi connectivity index (χ1n) is 3.86. The predicted octanol–water partition coefficient (Wildman–Crippen LogP) is 2.01. The Hall–Kier alpha value is -0.710. The van der Waals surface area contributed by atoms with E-state index in [1.807, 2.05) is 6.92 Å². The van der Waals surface area contributed by atoms with Crippen molar-refractivity contribution in [2.75, 3.05) is 11.9 Å². The van der Waals surface area contributed by atoms with Gasteiger partial charge in [-0.1, -0.05) is 11.3 Å². The Morgan fingerprint density at radius 3 is 2.83 bits per heavy atom. The molecule has 1 heterocycles.